The summed E-state index contributed by atoms with van der Waals surface area (Å²) in [7, 11) is 3.11. The topological polar surface area (TPSA) is 78.3 Å². The minimum Gasteiger partial charge on any atom is -0.497 e. The van der Waals surface area contributed by atoms with Gasteiger partial charge < -0.3 is 14.8 Å². The second-order valence-electron chi connectivity index (χ2n) is 6.25. The molecule has 7 heteroatoms. The standard InChI is InChI=1S/C20H22N4O3/c1-12-6-7-13(2)17(10-12)24-14(3)19(22-23-24)20(25)21-16-9-8-15(26-4)11-18(16)27-5/h6-11H,1-5H3,(H,21,25). The van der Waals surface area contributed by atoms with Crippen molar-refractivity contribution in [3.8, 4) is 17.2 Å². The van der Waals surface area contributed by atoms with Crippen molar-refractivity contribution in [3.05, 3.63) is 58.9 Å². The fourth-order valence-corrected chi connectivity index (χ4v) is 2.80. The fourth-order valence-electron chi connectivity index (χ4n) is 2.80. The predicted molar refractivity (Wildman–Crippen MR) is 103 cm³/mol. The van der Waals surface area contributed by atoms with Crippen LogP contribution < -0.4 is 14.8 Å². The highest BCUT2D eigenvalue weighted by Crippen LogP contribution is 2.29. The van der Waals surface area contributed by atoms with E-state index in [1.807, 2.05) is 39.0 Å². The Morgan fingerprint density at radius 3 is 2.52 bits per heavy atom. The molecule has 0 aliphatic carbocycles. The van der Waals surface area contributed by atoms with Crippen LogP contribution in [0.2, 0.25) is 0 Å². The molecule has 0 saturated carbocycles. The highest BCUT2D eigenvalue weighted by atomic mass is 16.5. The molecule has 1 N–H and O–H groups in total. The number of amides is 1. The molecule has 0 aliphatic rings. The molecule has 1 heterocycles. The normalized spacial score (nSPS) is 10.6. The first-order valence-electron chi connectivity index (χ1n) is 8.48. The number of anilines is 1. The number of carbonyl (C=O) groups excluding carboxylic acids is 1. The molecule has 1 aromatic heterocycles. The van der Waals surface area contributed by atoms with E-state index in [-0.39, 0.29) is 11.6 Å². The van der Waals surface area contributed by atoms with Crippen molar-refractivity contribution in [3.63, 3.8) is 0 Å². The molecular weight excluding hydrogens is 344 g/mol. The molecule has 27 heavy (non-hydrogen) atoms. The van der Waals surface area contributed by atoms with Crippen LogP contribution in [0.15, 0.2) is 36.4 Å². The maximum atomic E-state index is 12.7. The molecule has 0 atom stereocenters. The second-order valence-corrected chi connectivity index (χ2v) is 6.25. The van der Waals surface area contributed by atoms with Gasteiger partial charge in [0.05, 0.1) is 31.3 Å². The fraction of sp³-hybridized carbons (Fsp3) is 0.250. The molecule has 0 spiro atoms. The Morgan fingerprint density at radius 1 is 1.04 bits per heavy atom. The van der Waals surface area contributed by atoms with Gasteiger partial charge in [-0.05, 0) is 50.1 Å². The van der Waals surface area contributed by atoms with E-state index in [0.717, 1.165) is 16.8 Å². The minimum absolute atomic E-state index is 0.258. The first-order valence-corrected chi connectivity index (χ1v) is 8.48. The van der Waals surface area contributed by atoms with Gasteiger partial charge in [0.1, 0.15) is 11.5 Å². The zero-order valence-corrected chi connectivity index (χ0v) is 16.0. The summed E-state index contributed by atoms with van der Waals surface area (Å²) in [4.78, 5) is 12.7. The molecule has 7 nitrogen and oxygen atoms in total. The lowest BCUT2D eigenvalue weighted by molar-refractivity contribution is 0.102. The summed E-state index contributed by atoms with van der Waals surface area (Å²) in [5, 5.41) is 11.1. The first-order chi connectivity index (χ1) is 12.9. The molecular formula is C20H22N4O3. The van der Waals surface area contributed by atoms with Gasteiger partial charge in [0.2, 0.25) is 0 Å². The third-order valence-corrected chi connectivity index (χ3v) is 4.36. The van der Waals surface area contributed by atoms with E-state index < -0.39 is 0 Å². The predicted octanol–water partition coefficient (Wildman–Crippen LogP) is 3.46. The highest BCUT2D eigenvalue weighted by Gasteiger charge is 2.19. The van der Waals surface area contributed by atoms with Gasteiger partial charge in [-0.3, -0.25) is 4.79 Å². The van der Waals surface area contributed by atoms with Gasteiger partial charge in [0.25, 0.3) is 5.91 Å². The van der Waals surface area contributed by atoms with Gasteiger partial charge >= 0.3 is 0 Å². The molecule has 0 fully saturated rings. The number of aromatic nitrogens is 3. The number of hydrogen-bond donors (Lipinski definition) is 1. The largest absolute Gasteiger partial charge is 0.497 e. The maximum absolute atomic E-state index is 12.7. The zero-order valence-electron chi connectivity index (χ0n) is 16.0. The SMILES string of the molecule is COc1ccc(NC(=O)c2nnn(-c3cc(C)ccc3C)c2C)c(OC)c1. The molecule has 0 radical (unpaired) electrons. The second kappa shape index (κ2) is 7.49. The number of nitrogens with one attached hydrogen (secondary N) is 1. The van der Waals surface area contributed by atoms with E-state index in [4.69, 9.17) is 9.47 Å². The molecule has 0 saturated heterocycles. The van der Waals surface area contributed by atoms with Crippen molar-refractivity contribution in [2.75, 3.05) is 19.5 Å². The number of carbonyl (C=O) groups is 1. The van der Waals surface area contributed by atoms with Gasteiger partial charge in [-0.15, -0.1) is 5.10 Å². The zero-order chi connectivity index (χ0) is 19.6. The third-order valence-electron chi connectivity index (χ3n) is 4.36. The van der Waals surface area contributed by atoms with Gasteiger partial charge in [-0.25, -0.2) is 4.68 Å². The Labute approximate surface area is 157 Å². The molecule has 140 valence electrons. The number of aryl methyl sites for hydroxylation is 2. The number of benzene rings is 2. The molecule has 2 aromatic carbocycles. The van der Waals surface area contributed by atoms with Gasteiger partial charge in [0, 0.05) is 6.07 Å². The molecule has 3 rings (SSSR count). The van der Waals surface area contributed by atoms with Crippen LogP contribution in [0.25, 0.3) is 5.69 Å². The van der Waals surface area contributed by atoms with E-state index in [9.17, 15) is 4.79 Å². The van der Waals surface area contributed by atoms with Crippen molar-refractivity contribution in [2.24, 2.45) is 0 Å². The number of rotatable bonds is 5. The quantitative estimate of drug-likeness (QED) is 0.748. The lowest BCUT2D eigenvalue weighted by Crippen LogP contribution is -2.15. The van der Waals surface area contributed by atoms with Crippen LogP contribution in [0.1, 0.15) is 27.3 Å². The Bertz CT molecular complexity index is 995. The number of nitrogens with zero attached hydrogens (tertiary/aromatic N) is 3. The Kier molecular flexibility index (Phi) is 5.12. The molecule has 1 amide bonds. The average Bonchev–Trinajstić information content (AvgIpc) is 3.05. The van der Waals surface area contributed by atoms with E-state index in [1.54, 1.807) is 30.0 Å². The minimum atomic E-state index is -0.354. The van der Waals surface area contributed by atoms with Gasteiger partial charge in [0.15, 0.2) is 5.69 Å². The van der Waals surface area contributed by atoms with Crippen LogP contribution in [0, 0.1) is 20.8 Å². The van der Waals surface area contributed by atoms with Crippen LogP contribution in [-0.2, 0) is 0 Å². The van der Waals surface area contributed by atoms with Gasteiger partial charge in [-0.1, -0.05) is 17.3 Å². The summed E-state index contributed by atoms with van der Waals surface area (Å²) in [6.07, 6.45) is 0. The smallest absolute Gasteiger partial charge is 0.278 e. The maximum Gasteiger partial charge on any atom is 0.278 e. The van der Waals surface area contributed by atoms with E-state index in [2.05, 4.69) is 15.6 Å². The van der Waals surface area contributed by atoms with Crippen LogP contribution >= 0.6 is 0 Å². The van der Waals surface area contributed by atoms with Crippen LogP contribution in [0.3, 0.4) is 0 Å². The van der Waals surface area contributed by atoms with Gasteiger partial charge in [-0.2, -0.15) is 0 Å². The van der Waals surface area contributed by atoms with Crippen molar-refractivity contribution in [1.82, 2.24) is 15.0 Å². The van der Waals surface area contributed by atoms with E-state index in [1.165, 1.54) is 7.11 Å². The Balaban J connectivity index is 1.91. The molecule has 3 aromatic rings. The Morgan fingerprint density at radius 2 is 1.81 bits per heavy atom. The monoisotopic (exact) mass is 366 g/mol. The van der Waals surface area contributed by atoms with E-state index in [0.29, 0.717) is 22.9 Å². The summed E-state index contributed by atoms with van der Waals surface area (Å²) in [6.45, 7) is 5.83. The highest BCUT2D eigenvalue weighted by molar-refractivity contribution is 6.04. The summed E-state index contributed by atoms with van der Waals surface area (Å²) < 4.78 is 12.2. The lowest BCUT2D eigenvalue weighted by atomic mass is 10.1. The molecule has 0 aliphatic heterocycles. The number of methoxy groups -OCH3 is 2. The summed E-state index contributed by atoms with van der Waals surface area (Å²) in [6, 6.07) is 11.3. The summed E-state index contributed by atoms with van der Waals surface area (Å²) in [5.74, 6) is 0.789. The van der Waals surface area contributed by atoms with Crippen molar-refractivity contribution in [2.45, 2.75) is 20.8 Å². The molecule has 0 bridgehead atoms. The first kappa shape index (κ1) is 18.4. The number of hydrogen-bond acceptors (Lipinski definition) is 5. The number of ether oxygens (including phenoxy) is 2. The van der Waals surface area contributed by atoms with Crippen molar-refractivity contribution < 1.29 is 14.3 Å². The third kappa shape index (κ3) is 3.62. The van der Waals surface area contributed by atoms with Crippen LogP contribution in [-0.4, -0.2) is 35.1 Å². The van der Waals surface area contributed by atoms with Crippen LogP contribution in [0.4, 0.5) is 5.69 Å². The molecule has 0 unspecified atom stereocenters. The van der Waals surface area contributed by atoms with Crippen LogP contribution in [0.5, 0.6) is 11.5 Å². The average molecular weight is 366 g/mol. The van der Waals surface area contributed by atoms with E-state index >= 15 is 0 Å². The van der Waals surface area contributed by atoms with Crippen molar-refractivity contribution in [1.29, 1.82) is 0 Å². The summed E-state index contributed by atoms with van der Waals surface area (Å²) in [5.41, 5.74) is 4.52. The van der Waals surface area contributed by atoms with Crippen molar-refractivity contribution >= 4 is 11.6 Å². The lowest BCUT2D eigenvalue weighted by Gasteiger charge is -2.11. The Hall–Kier alpha value is -3.35. The summed E-state index contributed by atoms with van der Waals surface area (Å²) >= 11 is 0.